The molecule has 3 rings (SSSR count). The predicted molar refractivity (Wildman–Crippen MR) is 96.5 cm³/mol. The molecule has 0 spiro atoms. The van der Waals surface area contributed by atoms with Crippen molar-refractivity contribution in [3.63, 3.8) is 0 Å². The first-order chi connectivity index (χ1) is 11.5. The van der Waals surface area contributed by atoms with Crippen molar-refractivity contribution in [3.05, 3.63) is 65.4 Å². The smallest absolute Gasteiger partial charge is 0.262 e. The molecule has 0 saturated carbocycles. The number of nitrogens with one attached hydrogen (secondary N) is 1. The van der Waals surface area contributed by atoms with Gasteiger partial charge in [-0.05, 0) is 56.2 Å². The summed E-state index contributed by atoms with van der Waals surface area (Å²) in [6.07, 6.45) is 0. The molecule has 0 aliphatic heterocycles. The van der Waals surface area contributed by atoms with E-state index in [-0.39, 0.29) is 12.5 Å². The second-order valence-electron chi connectivity index (χ2n) is 5.92. The molecule has 1 N–H and O–H groups in total. The van der Waals surface area contributed by atoms with E-state index >= 15 is 0 Å². The quantitative estimate of drug-likeness (QED) is 0.784. The first kappa shape index (κ1) is 16.0. The Hall–Kier alpha value is -2.88. The Kier molecular flexibility index (Phi) is 4.47. The van der Waals surface area contributed by atoms with Crippen molar-refractivity contribution < 1.29 is 9.53 Å². The number of carbonyl (C=O) groups excluding carboxylic acids is 1. The lowest BCUT2D eigenvalue weighted by Crippen LogP contribution is -2.20. The second kappa shape index (κ2) is 6.71. The maximum absolute atomic E-state index is 12.1. The van der Waals surface area contributed by atoms with Gasteiger partial charge in [-0.3, -0.25) is 4.79 Å². The molecule has 0 aliphatic rings. The first-order valence-corrected chi connectivity index (χ1v) is 7.89. The summed E-state index contributed by atoms with van der Waals surface area (Å²) in [4.78, 5) is 16.6. The summed E-state index contributed by atoms with van der Waals surface area (Å²) in [6, 6.07) is 15.5. The van der Waals surface area contributed by atoms with Gasteiger partial charge in [0, 0.05) is 16.8 Å². The molecular weight excluding hydrogens is 300 g/mol. The zero-order chi connectivity index (χ0) is 17.1. The van der Waals surface area contributed by atoms with Crippen LogP contribution < -0.4 is 10.1 Å². The van der Waals surface area contributed by atoms with Crippen LogP contribution in [0.4, 0.5) is 5.69 Å². The summed E-state index contributed by atoms with van der Waals surface area (Å²) in [5.41, 5.74) is 4.80. The van der Waals surface area contributed by atoms with Gasteiger partial charge in [-0.2, -0.15) is 0 Å². The molecule has 1 amide bonds. The van der Waals surface area contributed by atoms with Crippen molar-refractivity contribution in [2.24, 2.45) is 0 Å². The van der Waals surface area contributed by atoms with E-state index in [1.54, 1.807) is 0 Å². The van der Waals surface area contributed by atoms with Gasteiger partial charge >= 0.3 is 0 Å². The highest BCUT2D eigenvalue weighted by Gasteiger charge is 2.08. The van der Waals surface area contributed by atoms with Gasteiger partial charge in [-0.15, -0.1) is 0 Å². The summed E-state index contributed by atoms with van der Waals surface area (Å²) in [5, 5.41) is 3.85. The Labute approximate surface area is 141 Å². The molecule has 122 valence electrons. The van der Waals surface area contributed by atoms with E-state index < -0.39 is 0 Å². The molecule has 3 aromatic rings. The van der Waals surface area contributed by atoms with Crippen LogP contribution in [0.25, 0.3) is 10.9 Å². The number of hydrogen-bond acceptors (Lipinski definition) is 3. The van der Waals surface area contributed by atoms with Crippen molar-refractivity contribution in [2.45, 2.75) is 20.8 Å². The van der Waals surface area contributed by atoms with Gasteiger partial charge in [0.25, 0.3) is 5.91 Å². The molecule has 0 atom stereocenters. The number of amides is 1. The van der Waals surface area contributed by atoms with E-state index in [4.69, 9.17) is 4.74 Å². The van der Waals surface area contributed by atoms with Gasteiger partial charge in [-0.25, -0.2) is 4.98 Å². The van der Waals surface area contributed by atoms with E-state index in [9.17, 15) is 4.79 Å². The van der Waals surface area contributed by atoms with Gasteiger partial charge in [-0.1, -0.05) is 24.3 Å². The molecule has 0 bridgehead atoms. The number of aromatic nitrogens is 1. The highest BCUT2D eigenvalue weighted by Crippen LogP contribution is 2.24. The summed E-state index contributed by atoms with van der Waals surface area (Å²) in [6.45, 7) is 5.94. The Morgan fingerprint density at radius 3 is 2.67 bits per heavy atom. The zero-order valence-corrected chi connectivity index (χ0v) is 14.1. The van der Waals surface area contributed by atoms with Crippen LogP contribution in [0.5, 0.6) is 5.75 Å². The number of benzene rings is 2. The number of nitrogens with zero attached hydrogens (tertiary/aromatic N) is 1. The fraction of sp³-hybridized carbons (Fsp3) is 0.200. The molecule has 0 aliphatic carbocycles. The highest BCUT2D eigenvalue weighted by molar-refractivity contribution is 5.92. The Morgan fingerprint density at radius 2 is 1.88 bits per heavy atom. The van der Waals surface area contributed by atoms with Gasteiger partial charge in [0.15, 0.2) is 6.61 Å². The third kappa shape index (κ3) is 3.54. The second-order valence-corrected chi connectivity index (χ2v) is 5.92. The topological polar surface area (TPSA) is 51.2 Å². The van der Waals surface area contributed by atoms with Crippen molar-refractivity contribution in [3.8, 4) is 5.75 Å². The van der Waals surface area contributed by atoms with Gasteiger partial charge in [0.05, 0.1) is 0 Å². The molecular formula is C20H20N2O2. The van der Waals surface area contributed by atoms with Crippen molar-refractivity contribution >= 4 is 22.5 Å². The Balaban J connectivity index is 1.70. The minimum absolute atomic E-state index is 0.0539. The molecule has 0 fully saturated rings. The van der Waals surface area contributed by atoms with Gasteiger partial charge in [0.1, 0.15) is 11.3 Å². The average molecular weight is 320 g/mol. The molecule has 2 aromatic carbocycles. The number of carbonyl (C=O) groups is 1. The largest absolute Gasteiger partial charge is 0.481 e. The van der Waals surface area contributed by atoms with Crippen molar-refractivity contribution in [1.29, 1.82) is 0 Å². The van der Waals surface area contributed by atoms with E-state index in [1.165, 1.54) is 5.56 Å². The van der Waals surface area contributed by atoms with E-state index in [0.717, 1.165) is 27.8 Å². The lowest BCUT2D eigenvalue weighted by Gasteiger charge is -2.10. The summed E-state index contributed by atoms with van der Waals surface area (Å²) in [7, 11) is 0. The van der Waals surface area contributed by atoms with Crippen LogP contribution in [0.15, 0.2) is 48.5 Å². The number of fused-ring (bicyclic) bond motifs is 1. The number of rotatable bonds is 4. The SMILES string of the molecule is Cc1ccc2cccc(OCC(=O)Nc3ccc(C)c(C)c3)c2n1. The van der Waals surface area contributed by atoms with Crippen LogP contribution in [0, 0.1) is 20.8 Å². The van der Waals surface area contributed by atoms with Crippen LogP contribution in [0.2, 0.25) is 0 Å². The average Bonchev–Trinajstić information content (AvgIpc) is 2.56. The normalized spacial score (nSPS) is 10.6. The van der Waals surface area contributed by atoms with E-state index in [1.807, 2.05) is 69.3 Å². The number of hydrogen-bond donors (Lipinski definition) is 1. The minimum atomic E-state index is -0.192. The van der Waals surface area contributed by atoms with Gasteiger partial charge < -0.3 is 10.1 Å². The van der Waals surface area contributed by atoms with E-state index in [0.29, 0.717) is 5.75 Å². The monoisotopic (exact) mass is 320 g/mol. The molecule has 0 radical (unpaired) electrons. The highest BCUT2D eigenvalue weighted by atomic mass is 16.5. The van der Waals surface area contributed by atoms with Crippen LogP contribution in [-0.4, -0.2) is 17.5 Å². The standard InChI is InChI=1S/C20H20N2O2/c1-13-7-10-17(11-14(13)2)22-19(23)12-24-18-6-4-5-16-9-8-15(3)21-20(16)18/h4-11H,12H2,1-3H3,(H,22,23). The number of pyridine rings is 1. The first-order valence-electron chi connectivity index (χ1n) is 7.89. The third-order valence-corrected chi connectivity index (χ3v) is 3.97. The van der Waals surface area contributed by atoms with Crippen LogP contribution in [0.3, 0.4) is 0 Å². The number of anilines is 1. The Morgan fingerprint density at radius 1 is 1.04 bits per heavy atom. The lowest BCUT2D eigenvalue weighted by atomic mass is 10.1. The summed E-state index contributed by atoms with van der Waals surface area (Å²) >= 11 is 0. The molecule has 1 aromatic heterocycles. The van der Waals surface area contributed by atoms with E-state index in [2.05, 4.69) is 10.3 Å². The minimum Gasteiger partial charge on any atom is -0.481 e. The van der Waals surface area contributed by atoms with Crippen LogP contribution >= 0.6 is 0 Å². The third-order valence-electron chi connectivity index (χ3n) is 3.97. The molecule has 4 heteroatoms. The molecule has 0 unspecified atom stereocenters. The lowest BCUT2D eigenvalue weighted by molar-refractivity contribution is -0.118. The Bertz CT molecular complexity index is 903. The maximum atomic E-state index is 12.1. The molecule has 4 nitrogen and oxygen atoms in total. The number of aryl methyl sites for hydroxylation is 3. The maximum Gasteiger partial charge on any atom is 0.262 e. The fourth-order valence-corrected chi connectivity index (χ4v) is 2.49. The fourth-order valence-electron chi connectivity index (χ4n) is 2.49. The zero-order valence-electron chi connectivity index (χ0n) is 14.1. The van der Waals surface area contributed by atoms with Crippen molar-refractivity contribution in [1.82, 2.24) is 4.98 Å². The van der Waals surface area contributed by atoms with Crippen LogP contribution in [0.1, 0.15) is 16.8 Å². The molecule has 1 heterocycles. The van der Waals surface area contributed by atoms with Crippen molar-refractivity contribution in [2.75, 3.05) is 11.9 Å². The molecule has 24 heavy (non-hydrogen) atoms. The number of para-hydroxylation sites is 1. The van der Waals surface area contributed by atoms with Gasteiger partial charge in [0.2, 0.25) is 0 Å². The number of ether oxygens (including phenoxy) is 1. The summed E-state index contributed by atoms with van der Waals surface area (Å²) in [5.74, 6) is 0.425. The molecule has 0 saturated heterocycles. The van der Waals surface area contributed by atoms with Crippen LogP contribution in [-0.2, 0) is 4.79 Å². The summed E-state index contributed by atoms with van der Waals surface area (Å²) < 4.78 is 5.69. The predicted octanol–water partition coefficient (Wildman–Crippen LogP) is 4.18.